The molecule has 0 spiro atoms. The number of carbonyl (C=O) groups is 1. The Morgan fingerprint density at radius 2 is 1.93 bits per heavy atom. The second kappa shape index (κ2) is 7.52. The zero-order valence-corrected chi connectivity index (χ0v) is 16.0. The zero-order valence-electron chi connectivity index (χ0n) is 15.2. The number of nitrogen functional groups attached to an aromatic ring is 1. The van der Waals surface area contributed by atoms with Gasteiger partial charge in [0.1, 0.15) is 28.0 Å². The van der Waals surface area contributed by atoms with Gasteiger partial charge in [0, 0.05) is 11.4 Å². The highest BCUT2D eigenvalue weighted by Crippen LogP contribution is 2.35. The summed E-state index contributed by atoms with van der Waals surface area (Å²) < 4.78 is 5.75. The molecule has 2 heterocycles. The van der Waals surface area contributed by atoms with E-state index in [1.54, 1.807) is 0 Å². The van der Waals surface area contributed by atoms with Crippen molar-refractivity contribution in [3.63, 3.8) is 0 Å². The van der Waals surface area contributed by atoms with Crippen LogP contribution in [0.3, 0.4) is 0 Å². The smallest absolute Gasteiger partial charge is 0.348 e. The molecule has 0 atom stereocenters. The lowest BCUT2D eigenvalue weighted by atomic mass is 9.98. The molecule has 1 aliphatic carbocycles. The molecule has 7 heteroatoms. The van der Waals surface area contributed by atoms with Crippen LogP contribution in [-0.2, 0) is 4.74 Å². The number of aryl methyl sites for hydroxylation is 1. The van der Waals surface area contributed by atoms with Crippen LogP contribution in [0.5, 0.6) is 0 Å². The van der Waals surface area contributed by atoms with Crippen LogP contribution in [0, 0.1) is 6.92 Å². The first-order valence-electron chi connectivity index (χ1n) is 9.19. The molecule has 0 amide bonds. The van der Waals surface area contributed by atoms with Crippen LogP contribution in [0.15, 0.2) is 30.6 Å². The van der Waals surface area contributed by atoms with E-state index in [-0.39, 0.29) is 12.1 Å². The predicted molar refractivity (Wildman–Crippen MR) is 109 cm³/mol. The molecule has 0 aliphatic heterocycles. The van der Waals surface area contributed by atoms with Crippen LogP contribution in [0.1, 0.15) is 47.3 Å². The number of anilines is 3. The molecule has 6 nitrogen and oxygen atoms in total. The predicted octanol–water partition coefficient (Wildman–Crippen LogP) is 4.82. The van der Waals surface area contributed by atoms with Crippen LogP contribution in [0.25, 0.3) is 10.2 Å². The number of ether oxygens (including phenoxy) is 1. The van der Waals surface area contributed by atoms with E-state index in [0.717, 1.165) is 47.2 Å². The van der Waals surface area contributed by atoms with E-state index in [1.165, 1.54) is 24.1 Å². The first-order chi connectivity index (χ1) is 13.1. The molecule has 1 saturated carbocycles. The van der Waals surface area contributed by atoms with Gasteiger partial charge in [0.2, 0.25) is 0 Å². The third-order valence-electron chi connectivity index (χ3n) is 4.91. The molecule has 0 bridgehead atoms. The Labute approximate surface area is 161 Å². The minimum absolute atomic E-state index is 0.0364. The lowest BCUT2D eigenvalue weighted by molar-refractivity contribution is 0.0216. The zero-order chi connectivity index (χ0) is 18.8. The Hall–Kier alpha value is -2.67. The topological polar surface area (TPSA) is 90.1 Å². The molecule has 0 radical (unpaired) electrons. The standard InChI is InChI=1S/C20H22N4O2S/c1-12-16-18(24-14-9-7-13(21)8-10-14)22-11-23-19(16)27-17(12)20(25)26-15-5-3-2-4-6-15/h7-11,15H,2-6,21H2,1H3,(H,22,23,24). The number of nitrogens with two attached hydrogens (primary N) is 1. The normalized spacial score (nSPS) is 15.0. The number of aromatic nitrogens is 2. The van der Waals surface area contributed by atoms with E-state index in [1.807, 2.05) is 31.2 Å². The minimum atomic E-state index is -0.249. The second-order valence-electron chi connectivity index (χ2n) is 6.87. The molecule has 1 fully saturated rings. The summed E-state index contributed by atoms with van der Waals surface area (Å²) in [7, 11) is 0. The van der Waals surface area contributed by atoms with Crippen molar-refractivity contribution >= 4 is 44.7 Å². The molecule has 1 aromatic carbocycles. The van der Waals surface area contributed by atoms with Crippen molar-refractivity contribution in [1.29, 1.82) is 0 Å². The highest BCUT2D eigenvalue weighted by Gasteiger charge is 2.24. The summed E-state index contributed by atoms with van der Waals surface area (Å²) in [6.45, 7) is 1.92. The number of nitrogens with zero attached hydrogens (tertiary/aromatic N) is 2. The number of fused-ring (bicyclic) bond motifs is 1. The van der Waals surface area contributed by atoms with Gasteiger partial charge in [0.05, 0.1) is 5.39 Å². The molecule has 4 rings (SSSR count). The Bertz CT molecular complexity index is 962. The quantitative estimate of drug-likeness (QED) is 0.497. The van der Waals surface area contributed by atoms with Crippen molar-refractivity contribution in [2.75, 3.05) is 11.1 Å². The fourth-order valence-electron chi connectivity index (χ4n) is 3.45. The fraction of sp³-hybridized carbons (Fsp3) is 0.350. The summed E-state index contributed by atoms with van der Waals surface area (Å²) >= 11 is 1.36. The monoisotopic (exact) mass is 382 g/mol. The molecule has 3 N–H and O–H groups in total. The number of nitrogens with one attached hydrogen (secondary N) is 1. The summed E-state index contributed by atoms with van der Waals surface area (Å²) in [5.41, 5.74) is 8.18. The van der Waals surface area contributed by atoms with Gasteiger partial charge in [0.15, 0.2) is 0 Å². The Morgan fingerprint density at radius 3 is 2.67 bits per heavy atom. The summed E-state index contributed by atoms with van der Waals surface area (Å²) in [5.74, 6) is 0.427. The van der Waals surface area contributed by atoms with Crippen molar-refractivity contribution < 1.29 is 9.53 Å². The summed E-state index contributed by atoms with van der Waals surface area (Å²) in [6, 6.07) is 7.44. The van der Waals surface area contributed by atoms with E-state index in [2.05, 4.69) is 15.3 Å². The number of thiophene rings is 1. The van der Waals surface area contributed by atoms with Crippen molar-refractivity contribution in [3.8, 4) is 0 Å². The first kappa shape index (κ1) is 17.7. The van der Waals surface area contributed by atoms with Gasteiger partial charge in [-0.3, -0.25) is 0 Å². The molecule has 0 saturated heterocycles. The van der Waals surface area contributed by atoms with Crippen LogP contribution in [0.2, 0.25) is 0 Å². The average molecular weight is 382 g/mol. The number of rotatable bonds is 4. The maximum Gasteiger partial charge on any atom is 0.348 e. The lowest BCUT2D eigenvalue weighted by Gasteiger charge is -2.21. The van der Waals surface area contributed by atoms with Crippen LogP contribution >= 0.6 is 11.3 Å². The molecular formula is C20H22N4O2S. The molecule has 1 aliphatic rings. The van der Waals surface area contributed by atoms with E-state index >= 15 is 0 Å². The SMILES string of the molecule is Cc1c(C(=O)OC2CCCCC2)sc2ncnc(Nc3ccc(N)cc3)c12. The van der Waals surface area contributed by atoms with Gasteiger partial charge in [0.25, 0.3) is 0 Å². The fourth-order valence-corrected chi connectivity index (χ4v) is 4.48. The maximum atomic E-state index is 12.7. The van der Waals surface area contributed by atoms with Gasteiger partial charge in [-0.2, -0.15) is 0 Å². The number of hydrogen-bond donors (Lipinski definition) is 2. The van der Waals surface area contributed by atoms with Gasteiger partial charge in [-0.1, -0.05) is 6.42 Å². The van der Waals surface area contributed by atoms with Crippen LogP contribution in [0.4, 0.5) is 17.2 Å². The van der Waals surface area contributed by atoms with Gasteiger partial charge >= 0.3 is 5.97 Å². The van der Waals surface area contributed by atoms with Crippen molar-refractivity contribution in [3.05, 3.63) is 41.0 Å². The Kier molecular flexibility index (Phi) is 4.94. The highest BCUT2D eigenvalue weighted by atomic mass is 32.1. The summed E-state index contributed by atoms with van der Waals surface area (Å²) in [6.07, 6.45) is 6.95. The van der Waals surface area contributed by atoms with E-state index in [4.69, 9.17) is 10.5 Å². The summed E-state index contributed by atoms with van der Waals surface area (Å²) in [4.78, 5) is 22.8. The number of esters is 1. The van der Waals surface area contributed by atoms with Crippen molar-refractivity contribution in [2.24, 2.45) is 0 Å². The number of hydrogen-bond acceptors (Lipinski definition) is 7. The van der Waals surface area contributed by atoms with E-state index in [9.17, 15) is 4.79 Å². The van der Waals surface area contributed by atoms with Crippen molar-refractivity contribution in [1.82, 2.24) is 9.97 Å². The molecule has 3 aromatic rings. The van der Waals surface area contributed by atoms with E-state index < -0.39 is 0 Å². The van der Waals surface area contributed by atoms with Gasteiger partial charge in [-0.15, -0.1) is 11.3 Å². The average Bonchev–Trinajstić information content (AvgIpc) is 3.02. The van der Waals surface area contributed by atoms with Crippen LogP contribution < -0.4 is 11.1 Å². The maximum absolute atomic E-state index is 12.7. The molecule has 140 valence electrons. The molecular weight excluding hydrogens is 360 g/mol. The Morgan fingerprint density at radius 1 is 1.19 bits per heavy atom. The molecule has 27 heavy (non-hydrogen) atoms. The second-order valence-corrected chi connectivity index (χ2v) is 7.87. The largest absolute Gasteiger partial charge is 0.458 e. The summed E-state index contributed by atoms with van der Waals surface area (Å²) in [5, 5.41) is 4.15. The van der Waals surface area contributed by atoms with Crippen LogP contribution in [-0.4, -0.2) is 22.0 Å². The van der Waals surface area contributed by atoms with Crippen molar-refractivity contribution in [2.45, 2.75) is 45.1 Å². The molecule has 2 aromatic heterocycles. The minimum Gasteiger partial charge on any atom is -0.458 e. The highest BCUT2D eigenvalue weighted by molar-refractivity contribution is 7.20. The number of carbonyl (C=O) groups excluding carboxylic acids is 1. The first-order valence-corrected chi connectivity index (χ1v) is 10.0. The number of benzene rings is 1. The van der Waals surface area contributed by atoms with Gasteiger partial charge in [-0.25, -0.2) is 14.8 Å². The third kappa shape index (κ3) is 3.73. The lowest BCUT2D eigenvalue weighted by Crippen LogP contribution is -2.20. The van der Waals surface area contributed by atoms with Gasteiger partial charge in [-0.05, 0) is 62.4 Å². The van der Waals surface area contributed by atoms with Gasteiger partial charge < -0.3 is 15.8 Å². The molecule has 0 unspecified atom stereocenters. The Balaban J connectivity index is 1.63. The third-order valence-corrected chi connectivity index (χ3v) is 6.09. The van der Waals surface area contributed by atoms with E-state index in [0.29, 0.717) is 16.4 Å².